The number of hydrogen-bond donors (Lipinski definition) is 1. The van der Waals surface area contributed by atoms with E-state index in [4.69, 9.17) is 5.73 Å². The van der Waals surface area contributed by atoms with Gasteiger partial charge < -0.3 is 5.73 Å². The minimum Gasteiger partial charge on any atom is -0.397 e. The Balaban J connectivity index is 2.88. The fourth-order valence-electron chi connectivity index (χ4n) is 0.614. The van der Waals surface area contributed by atoms with Gasteiger partial charge >= 0.3 is 0 Å². The molecule has 1 unspecified atom stereocenters. The van der Waals surface area contributed by atoms with Crippen molar-refractivity contribution in [2.75, 3.05) is 0 Å². The summed E-state index contributed by atoms with van der Waals surface area (Å²) >= 11 is 0. The first-order valence-electron chi connectivity index (χ1n) is 2.98. The number of hydrogen-bond acceptors (Lipinski definition) is 2. The normalized spacial score (nSPS) is 31.6. The molecule has 1 aliphatic heterocycles. The molecule has 2 N–H and O–H groups in total. The highest BCUT2D eigenvalue weighted by atomic mass is 19.1. The molecule has 10 heavy (non-hydrogen) atoms. The van der Waals surface area contributed by atoms with Crippen LogP contribution in [0, 0.1) is 0 Å². The van der Waals surface area contributed by atoms with E-state index in [0.717, 1.165) is 0 Å². The number of halogens is 1. The van der Waals surface area contributed by atoms with E-state index in [2.05, 4.69) is 4.99 Å². The SMILES string of the molecule is CC1(F)C=CC(N)=CN=C1. The third kappa shape index (κ3) is 1.69. The molecule has 0 aromatic carbocycles. The predicted molar refractivity (Wildman–Crippen MR) is 39.4 cm³/mol. The summed E-state index contributed by atoms with van der Waals surface area (Å²) in [5.41, 5.74) is 4.36. The van der Waals surface area contributed by atoms with Crippen molar-refractivity contribution in [3.05, 3.63) is 24.0 Å². The van der Waals surface area contributed by atoms with Gasteiger partial charge in [-0.2, -0.15) is 0 Å². The molecular weight excluding hydrogens is 131 g/mol. The highest BCUT2D eigenvalue weighted by molar-refractivity contribution is 5.72. The van der Waals surface area contributed by atoms with Gasteiger partial charge in [-0.1, -0.05) is 0 Å². The first-order chi connectivity index (χ1) is 4.60. The lowest BCUT2D eigenvalue weighted by Gasteiger charge is -2.05. The van der Waals surface area contributed by atoms with E-state index in [1.165, 1.54) is 31.5 Å². The van der Waals surface area contributed by atoms with Gasteiger partial charge in [0.05, 0.1) is 0 Å². The van der Waals surface area contributed by atoms with E-state index in [1.807, 2.05) is 0 Å². The van der Waals surface area contributed by atoms with Crippen LogP contribution in [0.15, 0.2) is 29.0 Å². The first-order valence-corrected chi connectivity index (χ1v) is 2.98. The van der Waals surface area contributed by atoms with Gasteiger partial charge in [0.1, 0.15) is 0 Å². The van der Waals surface area contributed by atoms with Gasteiger partial charge in [-0.3, -0.25) is 4.99 Å². The van der Waals surface area contributed by atoms with Crippen LogP contribution in [0.2, 0.25) is 0 Å². The van der Waals surface area contributed by atoms with Crippen molar-refractivity contribution in [2.24, 2.45) is 10.7 Å². The third-order valence-electron chi connectivity index (χ3n) is 1.15. The van der Waals surface area contributed by atoms with Crippen molar-refractivity contribution in [1.29, 1.82) is 0 Å². The minimum atomic E-state index is -1.46. The summed E-state index contributed by atoms with van der Waals surface area (Å²) in [7, 11) is 0. The molecule has 0 aliphatic carbocycles. The van der Waals surface area contributed by atoms with Gasteiger partial charge in [-0.05, 0) is 19.1 Å². The Kier molecular flexibility index (Phi) is 1.57. The fourth-order valence-corrected chi connectivity index (χ4v) is 0.614. The van der Waals surface area contributed by atoms with E-state index in [9.17, 15) is 4.39 Å². The van der Waals surface area contributed by atoms with E-state index in [1.54, 1.807) is 0 Å². The van der Waals surface area contributed by atoms with Crippen molar-refractivity contribution in [2.45, 2.75) is 12.6 Å². The van der Waals surface area contributed by atoms with Crippen LogP contribution in [0.5, 0.6) is 0 Å². The third-order valence-corrected chi connectivity index (χ3v) is 1.15. The zero-order valence-electron chi connectivity index (χ0n) is 5.71. The molecule has 0 aromatic heterocycles. The monoisotopic (exact) mass is 140 g/mol. The standard InChI is InChI=1S/C7H9FN2/c1-7(8)3-2-6(9)4-10-5-7/h2-5H,9H2,1H3. The lowest BCUT2D eigenvalue weighted by molar-refractivity contribution is 0.362. The summed E-state index contributed by atoms with van der Waals surface area (Å²) in [6.07, 6.45) is 5.51. The van der Waals surface area contributed by atoms with Gasteiger partial charge in [0.25, 0.3) is 0 Å². The average molecular weight is 140 g/mol. The lowest BCUT2D eigenvalue weighted by atomic mass is 10.1. The van der Waals surface area contributed by atoms with Gasteiger partial charge in [0.2, 0.25) is 0 Å². The molecule has 0 amide bonds. The van der Waals surface area contributed by atoms with E-state index >= 15 is 0 Å². The van der Waals surface area contributed by atoms with Crippen molar-refractivity contribution >= 4 is 6.21 Å². The smallest absolute Gasteiger partial charge is 0.161 e. The summed E-state index contributed by atoms with van der Waals surface area (Å²) in [4.78, 5) is 3.66. The fraction of sp³-hybridized carbons (Fsp3) is 0.286. The van der Waals surface area contributed by atoms with Crippen LogP contribution in [-0.2, 0) is 0 Å². The zero-order chi connectivity index (χ0) is 7.61. The van der Waals surface area contributed by atoms with E-state index in [0.29, 0.717) is 5.70 Å². The molecule has 0 fully saturated rings. The molecule has 0 spiro atoms. The predicted octanol–water partition coefficient (Wildman–Crippen LogP) is 1.16. The van der Waals surface area contributed by atoms with E-state index in [-0.39, 0.29) is 0 Å². The number of nitrogens with two attached hydrogens (primary N) is 1. The van der Waals surface area contributed by atoms with Crippen LogP contribution in [0.25, 0.3) is 0 Å². The summed E-state index contributed by atoms with van der Waals surface area (Å²) in [5.74, 6) is 0. The molecule has 1 heterocycles. The Morgan fingerprint density at radius 3 is 3.10 bits per heavy atom. The lowest BCUT2D eigenvalue weighted by Crippen LogP contribution is -2.14. The maximum atomic E-state index is 13.0. The number of rotatable bonds is 0. The van der Waals surface area contributed by atoms with Crippen LogP contribution >= 0.6 is 0 Å². The second-order valence-corrected chi connectivity index (χ2v) is 2.39. The van der Waals surface area contributed by atoms with Crippen molar-refractivity contribution in [1.82, 2.24) is 0 Å². The number of nitrogens with zero attached hydrogens (tertiary/aromatic N) is 1. The Morgan fingerprint density at radius 1 is 1.70 bits per heavy atom. The summed E-state index contributed by atoms with van der Waals surface area (Å²) in [6.45, 7) is 1.42. The molecule has 3 heteroatoms. The highest BCUT2D eigenvalue weighted by Gasteiger charge is 2.16. The van der Waals surface area contributed by atoms with Gasteiger partial charge in [0, 0.05) is 18.1 Å². The topological polar surface area (TPSA) is 38.4 Å². The second-order valence-electron chi connectivity index (χ2n) is 2.39. The van der Waals surface area contributed by atoms with Gasteiger partial charge in [-0.15, -0.1) is 0 Å². The van der Waals surface area contributed by atoms with Gasteiger partial charge in [-0.25, -0.2) is 4.39 Å². The number of allylic oxidation sites excluding steroid dienone is 2. The molecule has 1 atom stereocenters. The summed E-state index contributed by atoms with van der Waals surface area (Å²) < 4.78 is 13.0. The molecular formula is C7H9FN2. The number of alkyl halides is 1. The van der Waals surface area contributed by atoms with Crippen LogP contribution in [0.1, 0.15) is 6.92 Å². The van der Waals surface area contributed by atoms with Crippen molar-refractivity contribution in [3.8, 4) is 0 Å². The van der Waals surface area contributed by atoms with Gasteiger partial charge in [0.15, 0.2) is 5.67 Å². The quantitative estimate of drug-likeness (QED) is 0.538. The Labute approximate surface area is 58.9 Å². The van der Waals surface area contributed by atoms with Crippen molar-refractivity contribution in [3.63, 3.8) is 0 Å². The molecule has 0 saturated carbocycles. The highest BCUT2D eigenvalue weighted by Crippen LogP contribution is 2.11. The molecule has 0 saturated heterocycles. The Hall–Kier alpha value is -1.12. The first kappa shape index (κ1) is 6.99. The number of aliphatic imine (C=N–C) groups is 1. The molecule has 0 radical (unpaired) electrons. The minimum absolute atomic E-state index is 0.470. The molecule has 0 aromatic rings. The molecule has 2 nitrogen and oxygen atoms in total. The molecule has 1 aliphatic rings. The maximum absolute atomic E-state index is 13.0. The largest absolute Gasteiger partial charge is 0.397 e. The van der Waals surface area contributed by atoms with Crippen LogP contribution < -0.4 is 5.73 Å². The second kappa shape index (κ2) is 2.25. The Morgan fingerprint density at radius 2 is 2.40 bits per heavy atom. The molecule has 0 bridgehead atoms. The van der Waals surface area contributed by atoms with E-state index < -0.39 is 5.67 Å². The summed E-state index contributed by atoms with van der Waals surface area (Å²) in [6, 6.07) is 0. The summed E-state index contributed by atoms with van der Waals surface area (Å²) in [5, 5.41) is 0. The Bertz CT molecular complexity index is 214. The van der Waals surface area contributed by atoms with Crippen LogP contribution in [0.4, 0.5) is 4.39 Å². The zero-order valence-corrected chi connectivity index (χ0v) is 5.71. The van der Waals surface area contributed by atoms with Crippen LogP contribution in [-0.4, -0.2) is 11.9 Å². The van der Waals surface area contributed by atoms with Crippen molar-refractivity contribution < 1.29 is 4.39 Å². The molecule has 54 valence electrons. The maximum Gasteiger partial charge on any atom is 0.161 e. The molecule has 1 rings (SSSR count). The van der Waals surface area contributed by atoms with Crippen LogP contribution in [0.3, 0.4) is 0 Å². The average Bonchev–Trinajstić information content (AvgIpc) is 1.94.